The molecular formula is C15H14N2O4. The fourth-order valence-electron chi connectivity index (χ4n) is 1.98. The molecule has 0 amide bonds. The maximum atomic E-state index is 8.60. The highest BCUT2D eigenvalue weighted by molar-refractivity contribution is 5.97. The zero-order valence-corrected chi connectivity index (χ0v) is 11.2. The smallest absolute Gasteiger partial charge is 0.231 e. The molecule has 0 aromatic heterocycles. The van der Waals surface area contributed by atoms with Gasteiger partial charge in [0.1, 0.15) is 12.4 Å². The number of benzene rings is 2. The molecule has 0 fully saturated rings. The molecule has 21 heavy (non-hydrogen) atoms. The molecule has 0 atom stereocenters. The second-order valence-corrected chi connectivity index (χ2v) is 4.49. The topological polar surface area (TPSA) is 86.3 Å². The van der Waals surface area contributed by atoms with Gasteiger partial charge in [-0.3, -0.25) is 0 Å². The van der Waals surface area contributed by atoms with Gasteiger partial charge < -0.3 is 25.2 Å². The summed E-state index contributed by atoms with van der Waals surface area (Å²) in [5.41, 5.74) is 7.11. The van der Waals surface area contributed by atoms with Crippen LogP contribution >= 0.6 is 0 Å². The number of hydrogen-bond acceptors (Lipinski definition) is 5. The van der Waals surface area contributed by atoms with E-state index in [-0.39, 0.29) is 12.6 Å². The first-order valence-electron chi connectivity index (χ1n) is 6.35. The fourth-order valence-corrected chi connectivity index (χ4v) is 1.98. The molecule has 2 aromatic rings. The number of oxime groups is 1. The molecule has 1 heterocycles. The Bertz CT molecular complexity index is 668. The lowest BCUT2D eigenvalue weighted by Crippen LogP contribution is -2.12. The molecule has 0 radical (unpaired) electrons. The zero-order valence-electron chi connectivity index (χ0n) is 11.2. The molecule has 0 saturated carbocycles. The quantitative estimate of drug-likeness (QED) is 0.389. The summed E-state index contributed by atoms with van der Waals surface area (Å²) in [5, 5.41) is 11.5. The lowest BCUT2D eigenvalue weighted by molar-refractivity contribution is 0.174. The number of amidine groups is 1. The third-order valence-electron chi connectivity index (χ3n) is 3.10. The van der Waals surface area contributed by atoms with Crippen LogP contribution in [0.3, 0.4) is 0 Å². The Morgan fingerprint density at radius 2 is 1.90 bits per heavy atom. The van der Waals surface area contributed by atoms with E-state index in [1.165, 1.54) is 0 Å². The van der Waals surface area contributed by atoms with E-state index in [0.29, 0.717) is 17.9 Å². The summed E-state index contributed by atoms with van der Waals surface area (Å²) in [6.07, 6.45) is 0. The molecule has 0 unspecified atom stereocenters. The standard InChI is InChI=1S/C15H14N2O4/c16-15(17-18)11-2-4-12(5-3-11)19-8-10-1-6-13-14(7-10)21-9-20-13/h1-7,18H,8-9H2,(H2,16,17). The van der Waals surface area contributed by atoms with E-state index < -0.39 is 0 Å². The second kappa shape index (κ2) is 5.62. The molecule has 1 aliphatic rings. The largest absolute Gasteiger partial charge is 0.489 e. The first-order valence-corrected chi connectivity index (χ1v) is 6.35. The van der Waals surface area contributed by atoms with Crippen molar-refractivity contribution in [2.45, 2.75) is 6.61 Å². The van der Waals surface area contributed by atoms with Gasteiger partial charge in [-0.1, -0.05) is 11.2 Å². The Morgan fingerprint density at radius 1 is 1.14 bits per heavy atom. The van der Waals surface area contributed by atoms with E-state index in [2.05, 4.69) is 5.16 Å². The summed E-state index contributed by atoms with van der Waals surface area (Å²) in [6, 6.07) is 12.7. The molecule has 1 aliphatic heterocycles. The number of hydrogen-bond donors (Lipinski definition) is 2. The van der Waals surface area contributed by atoms with Crippen LogP contribution in [-0.2, 0) is 6.61 Å². The van der Waals surface area contributed by atoms with E-state index in [1.54, 1.807) is 24.3 Å². The van der Waals surface area contributed by atoms with Gasteiger partial charge in [0.2, 0.25) is 6.79 Å². The summed E-state index contributed by atoms with van der Waals surface area (Å²) >= 11 is 0. The number of nitrogens with zero attached hydrogens (tertiary/aromatic N) is 1. The first-order chi connectivity index (χ1) is 10.3. The van der Waals surface area contributed by atoms with Crippen LogP contribution in [0.5, 0.6) is 17.2 Å². The van der Waals surface area contributed by atoms with Crippen molar-refractivity contribution in [3.63, 3.8) is 0 Å². The van der Waals surface area contributed by atoms with Gasteiger partial charge in [0, 0.05) is 5.56 Å². The maximum Gasteiger partial charge on any atom is 0.231 e. The minimum atomic E-state index is 0.0670. The molecule has 3 rings (SSSR count). The van der Waals surface area contributed by atoms with Crippen molar-refractivity contribution in [3.8, 4) is 17.2 Å². The summed E-state index contributed by atoms with van der Waals surface area (Å²) < 4.78 is 16.3. The summed E-state index contributed by atoms with van der Waals surface area (Å²) in [5.74, 6) is 2.25. The first kappa shape index (κ1) is 13.1. The third-order valence-corrected chi connectivity index (χ3v) is 3.10. The SMILES string of the molecule is N/C(=N\O)c1ccc(OCc2ccc3c(c2)OCO3)cc1. The van der Waals surface area contributed by atoms with Gasteiger partial charge in [0.05, 0.1) is 0 Å². The lowest BCUT2D eigenvalue weighted by Gasteiger charge is -2.07. The number of ether oxygens (including phenoxy) is 3. The van der Waals surface area contributed by atoms with E-state index in [4.69, 9.17) is 25.2 Å². The van der Waals surface area contributed by atoms with Crippen molar-refractivity contribution in [2.75, 3.05) is 6.79 Å². The monoisotopic (exact) mass is 286 g/mol. The van der Waals surface area contributed by atoms with Gasteiger partial charge in [0.15, 0.2) is 17.3 Å². The van der Waals surface area contributed by atoms with Gasteiger partial charge in [-0.2, -0.15) is 0 Å². The van der Waals surface area contributed by atoms with Crippen molar-refractivity contribution < 1.29 is 19.4 Å². The van der Waals surface area contributed by atoms with Crippen LogP contribution in [0.1, 0.15) is 11.1 Å². The molecule has 3 N–H and O–H groups in total. The molecular weight excluding hydrogens is 272 g/mol. The Hall–Kier alpha value is -2.89. The molecule has 6 heteroatoms. The van der Waals surface area contributed by atoms with Gasteiger partial charge >= 0.3 is 0 Å². The van der Waals surface area contributed by atoms with Crippen LogP contribution in [-0.4, -0.2) is 17.8 Å². The average molecular weight is 286 g/mol. The Morgan fingerprint density at radius 3 is 2.67 bits per heavy atom. The van der Waals surface area contributed by atoms with Crippen LogP contribution < -0.4 is 19.9 Å². The van der Waals surface area contributed by atoms with Gasteiger partial charge in [-0.05, 0) is 42.0 Å². The molecule has 0 saturated heterocycles. The van der Waals surface area contributed by atoms with E-state index in [1.807, 2.05) is 18.2 Å². The normalized spacial score (nSPS) is 13.2. The molecule has 0 spiro atoms. The lowest BCUT2D eigenvalue weighted by atomic mass is 10.2. The number of nitrogens with two attached hydrogens (primary N) is 1. The highest BCUT2D eigenvalue weighted by atomic mass is 16.7. The fraction of sp³-hybridized carbons (Fsp3) is 0.133. The number of fused-ring (bicyclic) bond motifs is 1. The molecule has 0 aliphatic carbocycles. The summed E-state index contributed by atoms with van der Waals surface area (Å²) in [4.78, 5) is 0. The minimum absolute atomic E-state index is 0.0670. The molecule has 2 aromatic carbocycles. The highest BCUT2D eigenvalue weighted by Gasteiger charge is 2.13. The van der Waals surface area contributed by atoms with Crippen molar-refractivity contribution in [1.82, 2.24) is 0 Å². The van der Waals surface area contributed by atoms with E-state index >= 15 is 0 Å². The van der Waals surface area contributed by atoms with Crippen molar-refractivity contribution >= 4 is 5.84 Å². The Kier molecular flexibility index (Phi) is 3.51. The summed E-state index contributed by atoms with van der Waals surface area (Å²) in [7, 11) is 0. The van der Waals surface area contributed by atoms with Crippen LogP contribution in [0.25, 0.3) is 0 Å². The van der Waals surface area contributed by atoms with E-state index in [9.17, 15) is 0 Å². The van der Waals surface area contributed by atoms with Gasteiger partial charge in [-0.15, -0.1) is 0 Å². The van der Waals surface area contributed by atoms with Gasteiger partial charge in [0.25, 0.3) is 0 Å². The highest BCUT2D eigenvalue weighted by Crippen LogP contribution is 2.32. The molecule has 0 bridgehead atoms. The molecule has 108 valence electrons. The van der Waals surface area contributed by atoms with Crippen LogP contribution in [0.2, 0.25) is 0 Å². The van der Waals surface area contributed by atoms with Crippen molar-refractivity contribution in [3.05, 3.63) is 53.6 Å². The Balaban J connectivity index is 1.65. The third kappa shape index (κ3) is 2.84. The van der Waals surface area contributed by atoms with Crippen molar-refractivity contribution in [2.24, 2.45) is 10.9 Å². The second-order valence-electron chi connectivity index (χ2n) is 4.49. The summed E-state index contributed by atoms with van der Waals surface area (Å²) in [6.45, 7) is 0.675. The van der Waals surface area contributed by atoms with Crippen molar-refractivity contribution in [1.29, 1.82) is 0 Å². The minimum Gasteiger partial charge on any atom is -0.489 e. The van der Waals surface area contributed by atoms with E-state index in [0.717, 1.165) is 17.1 Å². The van der Waals surface area contributed by atoms with Gasteiger partial charge in [-0.25, -0.2) is 0 Å². The Labute approximate surface area is 121 Å². The van der Waals surface area contributed by atoms with Crippen LogP contribution in [0.15, 0.2) is 47.6 Å². The maximum absolute atomic E-state index is 8.60. The van der Waals surface area contributed by atoms with Crippen LogP contribution in [0, 0.1) is 0 Å². The number of rotatable bonds is 4. The van der Waals surface area contributed by atoms with Crippen LogP contribution in [0.4, 0.5) is 0 Å². The zero-order chi connectivity index (χ0) is 14.7. The average Bonchev–Trinajstić information content (AvgIpc) is 3.00. The predicted molar refractivity (Wildman–Crippen MR) is 75.8 cm³/mol. The molecule has 6 nitrogen and oxygen atoms in total. The predicted octanol–water partition coefficient (Wildman–Crippen LogP) is 2.09.